The van der Waals surface area contributed by atoms with Gasteiger partial charge in [-0.15, -0.1) is 0 Å². The van der Waals surface area contributed by atoms with Crippen molar-refractivity contribution in [3.05, 3.63) is 11.4 Å². The van der Waals surface area contributed by atoms with Crippen molar-refractivity contribution >= 4 is 11.6 Å². The average Bonchev–Trinajstić information content (AvgIpc) is 2.49. The molecule has 1 unspecified atom stereocenters. The van der Waals surface area contributed by atoms with E-state index in [9.17, 15) is 4.79 Å². The normalized spacial score (nSPS) is 12.8. The van der Waals surface area contributed by atoms with Gasteiger partial charge in [0.2, 0.25) is 0 Å². The predicted molar refractivity (Wildman–Crippen MR) is 65.5 cm³/mol. The van der Waals surface area contributed by atoms with Crippen molar-refractivity contribution in [1.29, 1.82) is 0 Å². The fraction of sp³-hybridized carbons (Fsp3) is 0.636. The Kier molecular flexibility index (Phi) is 4.11. The van der Waals surface area contributed by atoms with E-state index in [1.807, 2.05) is 13.8 Å². The number of hydrogen-bond donors (Lipinski definition) is 3. The minimum absolute atomic E-state index is 0.0971. The summed E-state index contributed by atoms with van der Waals surface area (Å²) in [5, 5.41) is 16.0. The molecule has 1 amide bonds. The van der Waals surface area contributed by atoms with E-state index in [0.717, 1.165) is 0 Å². The molecule has 1 heterocycles. The Morgan fingerprint density at radius 1 is 1.59 bits per heavy atom. The van der Waals surface area contributed by atoms with Gasteiger partial charge < -0.3 is 16.2 Å². The topological polar surface area (TPSA) is 93.2 Å². The molecule has 1 aromatic heterocycles. The number of aryl methyl sites for hydroxylation is 2. The first-order valence-electron chi connectivity index (χ1n) is 5.59. The second-order valence-corrected chi connectivity index (χ2v) is 4.48. The predicted octanol–water partition coefficient (Wildman–Crippen LogP) is 0.0574. The van der Waals surface area contributed by atoms with Crippen LogP contribution < -0.4 is 11.1 Å². The third kappa shape index (κ3) is 2.76. The SMILES string of the molecule is Cc1nn(C)c(C(=O)NC(CO)C(C)C)c1N. The third-order valence-electron chi connectivity index (χ3n) is 2.80. The summed E-state index contributed by atoms with van der Waals surface area (Å²) in [4.78, 5) is 12.0. The van der Waals surface area contributed by atoms with Crippen LogP contribution in [0.25, 0.3) is 0 Å². The number of hydrogen-bond acceptors (Lipinski definition) is 4. The molecular weight excluding hydrogens is 220 g/mol. The summed E-state index contributed by atoms with van der Waals surface area (Å²) in [7, 11) is 1.67. The number of nitrogen functional groups attached to an aromatic ring is 1. The van der Waals surface area contributed by atoms with Crippen LogP contribution in [-0.2, 0) is 7.05 Å². The number of aliphatic hydroxyl groups excluding tert-OH is 1. The van der Waals surface area contributed by atoms with Gasteiger partial charge in [-0.05, 0) is 12.8 Å². The third-order valence-corrected chi connectivity index (χ3v) is 2.80. The zero-order valence-electron chi connectivity index (χ0n) is 10.7. The van der Waals surface area contributed by atoms with Crippen molar-refractivity contribution in [1.82, 2.24) is 15.1 Å². The van der Waals surface area contributed by atoms with Crippen LogP contribution in [0.2, 0.25) is 0 Å². The van der Waals surface area contributed by atoms with Gasteiger partial charge in [-0.1, -0.05) is 13.8 Å². The number of nitrogens with two attached hydrogens (primary N) is 1. The number of aliphatic hydroxyl groups is 1. The van der Waals surface area contributed by atoms with Crippen LogP contribution in [0, 0.1) is 12.8 Å². The molecule has 0 aliphatic rings. The molecule has 0 saturated carbocycles. The average molecular weight is 240 g/mol. The van der Waals surface area contributed by atoms with Crippen LogP contribution in [0.15, 0.2) is 0 Å². The fourth-order valence-corrected chi connectivity index (χ4v) is 1.60. The van der Waals surface area contributed by atoms with Crippen molar-refractivity contribution < 1.29 is 9.90 Å². The Bertz CT molecular complexity index is 412. The highest BCUT2D eigenvalue weighted by atomic mass is 16.3. The number of aromatic nitrogens is 2. The molecule has 1 rings (SSSR count). The molecule has 17 heavy (non-hydrogen) atoms. The van der Waals surface area contributed by atoms with Gasteiger partial charge in [0.15, 0.2) is 0 Å². The number of nitrogens with zero attached hydrogens (tertiary/aromatic N) is 2. The van der Waals surface area contributed by atoms with Crippen LogP contribution in [0.3, 0.4) is 0 Å². The summed E-state index contributed by atoms with van der Waals surface area (Å²) in [5.41, 5.74) is 7.13. The van der Waals surface area contributed by atoms with Gasteiger partial charge in [-0.25, -0.2) is 0 Å². The van der Waals surface area contributed by atoms with Crippen molar-refractivity contribution in [2.45, 2.75) is 26.8 Å². The fourth-order valence-electron chi connectivity index (χ4n) is 1.60. The van der Waals surface area contributed by atoms with Crippen molar-refractivity contribution in [3.8, 4) is 0 Å². The monoisotopic (exact) mass is 240 g/mol. The van der Waals surface area contributed by atoms with Crippen LogP contribution in [0.4, 0.5) is 5.69 Å². The molecule has 0 aromatic carbocycles. The Balaban J connectivity index is 2.90. The Morgan fingerprint density at radius 3 is 2.53 bits per heavy atom. The summed E-state index contributed by atoms with van der Waals surface area (Å²) < 4.78 is 1.45. The van der Waals surface area contributed by atoms with Crippen molar-refractivity contribution in [2.75, 3.05) is 12.3 Å². The molecule has 0 aliphatic carbocycles. The van der Waals surface area contributed by atoms with E-state index < -0.39 is 0 Å². The molecular formula is C11H20N4O2. The van der Waals surface area contributed by atoms with Gasteiger partial charge in [0, 0.05) is 7.05 Å². The second-order valence-electron chi connectivity index (χ2n) is 4.48. The highest BCUT2D eigenvalue weighted by molar-refractivity contribution is 5.98. The molecule has 6 heteroatoms. The molecule has 4 N–H and O–H groups in total. The molecule has 1 aromatic rings. The van der Waals surface area contributed by atoms with E-state index in [-0.39, 0.29) is 24.5 Å². The largest absolute Gasteiger partial charge is 0.395 e. The Hall–Kier alpha value is -1.56. The lowest BCUT2D eigenvalue weighted by Crippen LogP contribution is -2.42. The van der Waals surface area contributed by atoms with E-state index in [1.165, 1.54) is 4.68 Å². The lowest BCUT2D eigenvalue weighted by Gasteiger charge is -2.19. The van der Waals surface area contributed by atoms with Gasteiger partial charge in [-0.2, -0.15) is 5.10 Å². The summed E-state index contributed by atoms with van der Waals surface area (Å²) in [5.74, 6) is -0.155. The number of amides is 1. The maximum absolute atomic E-state index is 12.0. The first-order valence-corrected chi connectivity index (χ1v) is 5.59. The zero-order valence-corrected chi connectivity index (χ0v) is 10.7. The van der Waals surface area contributed by atoms with Gasteiger partial charge in [-0.3, -0.25) is 9.48 Å². The van der Waals surface area contributed by atoms with E-state index in [2.05, 4.69) is 10.4 Å². The van der Waals surface area contributed by atoms with Gasteiger partial charge >= 0.3 is 0 Å². The van der Waals surface area contributed by atoms with Crippen molar-refractivity contribution in [2.24, 2.45) is 13.0 Å². The number of nitrogens with one attached hydrogen (secondary N) is 1. The highest BCUT2D eigenvalue weighted by Crippen LogP contribution is 2.15. The first kappa shape index (κ1) is 13.5. The van der Waals surface area contributed by atoms with E-state index in [0.29, 0.717) is 17.1 Å². The molecule has 0 radical (unpaired) electrons. The minimum Gasteiger partial charge on any atom is -0.395 e. The highest BCUT2D eigenvalue weighted by Gasteiger charge is 2.21. The maximum atomic E-state index is 12.0. The standard InChI is InChI=1S/C11H20N4O2/c1-6(2)8(5-16)13-11(17)10-9(12)7(3)14-15(10)4/h6,8,16H,5,12H2,1-4H3,(H,13,17). The van der Waals surface area contributed by atoms with E-state index in [4.69, 9.17) is 10.8 Å². The van der Waals surface area contributed by atoms with Crippen LogP contribution in [-0.4, -0.2) is 33.4 Å². The number of rotatable bonds is 4. The van der Waals surface area contributed by atoms with Gasteiger partial charge in [0.25, 0.3) is 5.91 Å². The summed E-state index contributed by atoms with van der Waals surface area (Å²) in [6.07, 6.45) is 0. The Labute approximate surface area is 101 Å². The Morgan fingerprint density at radius 2 is 2.18 bits per heavy atom. The van der Waals surface area contributed by atoms with E-state index >= 15 is 0 Å². The molecule has 0 spiro atoms. The molecule has 6 nitrogen and oxygen atoms in total. The molecule has 0 bridgehead atoms. The van der Waals surface area contributed by atoms with Gasteiger partial charge in [0.05, 0.1) is 24.0 Å². The second kappa shape index (κ2) is 5.18. The smallest absolute Gasteiger partial charge is 0.272 e. The molecule has 0 saturated heterocycles. The molecule has 1 atom stereocenters. The molecule has 0 aliphatic heterocycles. The van der Waals surface area contributed by atoms with Crippen LogP contribution >= 0.6 is 0 Å². The maximum Gasteiger partial charge on any atom is 0.272 e. The summed E-state index contributed by atoms with van der Waals surface area (Å²) >= 11 is 0. The van der Waals surface area contributed by atoms with E-state index in [1.54, 1.807) is 14.0 Å². The quantitative estimate of drug-likeness (QED) is 0.693. The zero-order chi connectivity index (χ0) is 13.2. The number of carbonyl (C=O) groups excluding carboxylic acids is 1. The molecule has 0 fully saturated rings. The van der Waals surface area contributed by atoms with Gasteiger partial charge in [0.1, 0.15) is 5.69 Å². The summed E-state index contributed by atoms with van der Waals surface area (Å²) in [6, 6.07) is -0.280. The van der Waals surface area contributed by atoms with Crippen LogP contribution in [0.1, 0.15) is 30.0 Å². The number of anilines is 1. The van der Waals surface area contributed by atoms with Crippen molar-refractivity contribution in [3.63, 3.8) is 0 Å². The lowest BCUT2D eigenvalue weighted by atomic mass is 10.1. The number of carbonyl (C=O) groups is 1. The summed E-state index contributed by atoms with van der Waals surface area (Å²) in [6.45, 7) is 5.51. The molecule has 96 valence electrons. The first-order chi connectivity index (χ1) is 7.88. The minimum atomic E-state index is -0.307. The lowest BCUT2D eigenvalue weighted by molar-refractivity contribution is 0.0888. The van der Waals surface area contributed by atoms with Crippen LogP contribution in [0.5, 0.6) is 0 Å².